The lowest BCUT2D eigenvalue weighted by molar-refractivity contribution is -0.158. The molecule has 0 spiro atoms. The van der Waals surface area contributed by atoms with E-state index in [4.69, 9.17) is 26.2 Å². The van der Waals surface area contributed by atoms with Crippen LogP contribution in [-0.4, -0.2) is 62.3 Å². The molecule has 2 heterocycles. The highest BCUT2D eigenvalue weighted by atomic mass is 31.2. The summed E-state index contributed by atoms with van der Waals surface area (Å²) in [4.78, 5) is 58.5. The Morgan fingerprint density at radius 3 is 2.51 bits per heavy atom. The Morgan fingerprint density at radius 2 is 2.00 bits per heavy atom. The summed E-state index contributed by atoms with van der Waals surface area (Å²) in [5.41, 5.74) is -1.34. The van der Waals surface area contributed by atoms with Crippen LogP contribution in [0.2, 0.25) is 0 Å². The van der Waals surface area contributed by atoms with Gasteiger partial charge in [0, 0.05) is 18.4 Å². The number of ether oxygens (including phenoxy) is 1. The number of rotatable bonds is 8. The van der Waals surface area contributed by atoms with Gasteiger partial charge >= 0.3 is 7.82 Å². The Morgan fingerprint density at radius 1 is 1.35 bits per heavy atom. The van der Waals surface area contributed by atoms with Crippen LogP contribution in [0.4, 0.5) is 10.1 Å². The number of phosphoric ester groups is 1. The van der Waals surface area contributed by atoms with Crippen LogP contribution in [0.3, 0.4) is 0 Å². The van der Waals surface area contributed by atoms with Gasteiger partial charge in [0.15, 0.2) is 5.54 Å². The zero-order valence-electron chi connectivity index (χ0n) is 19.9. The van der Waals surface area contributed by atoms with Gasteiger partial charge in [0.05, 0.1) is 24.3 Å². The number of carbonyl (C=O) groups excluding carboxylic acids is 3. The molecule has 1 saturated heterocycles. The second-order valence-electron chi connectivity index (χ2n) is 8.23. The molecule has 1 aromatic carbocycles. The van der Waals surface area contributed by atoms with Crippen molar-refractivity contribution >= 4 is 31.1 Å². The SMILES string of the molecule is C#CC1(N(COP(=O)(O)O)C(=O)C(=O)c2c(C)c(C(=O)Nc3ccc(F)c(C#N)c3)n(C)c2C)COC1. The third kappa shape index (κ3) is 5.32. The molecule has 1 aliphatic heterocycles. The Kier molecular flexibility index (Phi) is 7.70. The first-order chi connectivity index (χ1) is 17.3. The van der Waals surface area contributed by atoms with E-state index in [2.05, 4.69) is 15.8 Å². The van der Waals surface area contributed by atoms with Crippen molar-refractivity contribution in [3.63, 3.8) is 0 Å². The second kappa shape index (κ2) is 10.3. The van der Waals surface area contributed by atoms with Gasteiger partial charge in [-0.25, -0.2) is 8.96 Å². The number of nitrogens with zero attached hydrogens (tertiary/aromatic N) is 3. The number of halogens is 1. The number of carbonyl (C=O) groups is 3. The molecule has 3 rings (SSSR count). The summed E-state index contributed by atoms with van der Waals surface area (Å²) in [7, 11) is -3.53. The number of aromatic nitrogens is 1. The van der Waals surface area contributed by atoms with Crippen LogP contribution in [0.25, 0.3) is 0 Å². The Labute approximate surface area is 210 Å². The third-order valence-electron chi connectivity index (χ3n) is 5.98. The van der Waals surface area contributed by atoms with E-state index in [1.807, 2.05) is 0 Å². The molecule has 0 saturated carbocycles. The number of amides is 2. The van der Waals surface area contributed by atoms with Crippen molar-refractivity contribution in [3.8, 4) is 18.4 Å². The van der Waals surface area contributed by atoms with Crippen molar-refractivity contribution < 1.29 is 42.4 Å². The molecular formula is C23H22FN4O8P. The summed E-state index contributed by atoms with van der Waals surface area (Å²) in [6.07, 6.45) is 5.53. The Bertz CT molecular complexity index is 1430. The molecule has 12 nitrogen and oxygen atoms in total. The number of hydrogen-bond donors (Lipinski definition) is 3. The summed E-state index contributed by atoms with van der Waals surface area (Å²) >= 11 is 0. The molecule has 0 bridgehead atoms. The number of phosphoric acid groups is 1. The minimum Gasteiger partial charge on any atom is -0.374 e. The molecule has 3 N–H and O–H groups in total. The average Bonchev–Trinajstić information content (AvgIpc) is 3.03. The van der Waals surface area contributed by atoms with E-state index >= 15 is 0 Å². The fourth-order valence-corrected chi connectivity index (χ4v) is 4.13. The normalized spacial score (nSPS) is 14.2. The lowest BCUT2D eigenvalue weighted by Gasteiger charge is -2.45. The highest BCUT2D eigenvalue weighted by molar-refractivity contribution is 7.46. The van der Waals surface area contributed by atoms with Gasteiger partial charge < -0.3 is 24.4 Å². The molecule has 0 aliphatic carbocycles. The van der Waals surface area contributed by atoms with E-state index in [1.54, 1.807) is 6.07 Å². The van der Waals surface area contributed by atoms with Crippen molar-refractivity contribution in [1.82, 2.24) is 9.47 Å². The van der Waals surface area contributed by atoms with Crippen LogP contribution in [0.15, 0.2) is 18.2 Å². The lowest BCUT2D eigenvalue weighted by atomic mass is 9.95. The first-order valence-electron chi connectivity index (χ1n) is 10.5. The van der Waals surface area contributed by atoms with Crippen LogP contribution < -0.4 is 5.32 Å². The van der Waals surface area contributed by atoms with E-state index in [1.165, 1.54) is 31.5 Å². The summed E-state index contributed by atoms with van der Waals surface area (Å²) < 4.78 is 35.7. The number of nitriles is 1. The van der Waals surface area contributed by atoms with Gasteiger partial charge in [-0.05, 0) is 37.6 Å². The predicted molar refractivity (Wildman–Crippen MR) is 126 cm³/mol. The molecule has 2 aromatic rings. The molecule has 0 unspecified atom stereocenters. The number of nitrogens with one attached hydrogen (secondary N) is 1. The minimum atomic E-state index is -5.02. The van der Waals surface area contributed by atoms with Crippen molar-refractivity contribution in [2.75, 3.05) is 25.3 Å². The van der Waals surface area contributed by atoms with Crippen molar-refractivity contribution in [3.05, 3.63) is 52.1 Å². The van der Waals surface area contributed by atoms with E-state index < -0.39 is 43.5 Å². The van der Waals surface area contributed by atoms with Gasteiger partial charge in [-0.2, -0.15) is 5.26 Å². The van der Waals surface area contributed by atoms with Crippen LogP contribution in [-0.2, 0) is 25.7 Å². The number of ketones is 1. The molecule has 2 amide bonds. The summed E-state index contributed by atoms with van der Waals surface area (Å²) in [6.45, 7) is 1.58. The van der Waals surface area contributed by atoms with E-state index in [0.29, 0.717) is 4.90 Å². The Balaban J connectivity index is 1.96. The Hall–Kier alpha value is -3.84. The molecule has 37 heavy (non-hydrogen) atoms. The largest absolute Gasteiger partial charge is 0.471 e. The summed E-state index contributed by atoms with van der Waals surface area (Å²) in [6, 6.07) is 5.09. The fraction of sp³-hybridized carbons (Fsp3) is 0.304. The standard InChI is InChI=1S/C23H22FN4O8P/c1-5-23(10-35-11-23)28(12-36-37(32,33)34)22(31)20(29)18-13(2)19(27(4)14(18)3)21(30)26-16-6-7-17(24)15(8-16)9-25/h1,6-8H,10-12H2,2-4H3,(H,26,30)(H2,32,33,34). The van der Waals surface area contributed by atoms with E-state index in [9.17, 15) is 23.3 Å². The van der Waals surface area contributed by atoms with Gasteiger partial charge in [-0.3, -0.25) is 23.8 Å². The quantitative estimate of drug-likeness (QED) is 0.149. The van der Waals surface area contributed by atoms with Gasteiger partial charge in [0.25, 0.3) is 17.6 Å². The highest BCUT2D eigenvalue weighted by Gasteiger charge is 2.48. The van der Waals surface area contributed by atoms with Gasteiger partial charge in [-0.15, -0.1) is 6.42 Å². The number of hydrogen-bond acceptors (Lipinski definition) is 7. The van der Waals surface area contributed by atoms with Gasteiger partial charge in [-0.1, -0.05) is 5.92 Å². The minimum absolute atomic E-state index is 0.00754. The monoisotopic (exact) mass is 532 g/mol. The number of Topliss-reactive ketones (excluding diaryl/α,β-unsaturated/α-hetero) is 1. The first-order valence-corrected chi connectivity index (χ1v) is 12.1. The fourth-order valence-electron chi connectivity index (χ4n) is 3.86. The maximum Gasteiger partial charge on any atom is 0.471 e. The van der Waals surface area contributed by atoms with E-state index in [-0.39, 0.29) is 47.0 Å². The zero-order chi connectivity index (χ0) is 27.7. The molecule has 0 atom stereocenters. The topological polar surface area (TPSA) is 171 Å². The maximum absolute atomic E-state index is 13.6. The number of benzene rings is 1. The average molecular weight is 532 g/mol. The third-order valence-corrected chi connectivity index (χ3v) is 6.43. The number of anilines is 1. The maximum atomic E-state index is 13.6. The smallest absolute Gasteiger partial charge is 0.374 e. The summed E-state index contributed by atoms with van der Waals surface area (Å²) in [5.74, 6) is -1.43. The van der Waals surface area contributed by atoms with Crippen molar-refractivity contribution in [2.45, 2.75) is 19.4 Å². The first kappa shape index (κ1) is 27.7. The van der Waals surface area contributed by atoms with Crippen molar-refractivity contribution in [2.24, 2.45) is 7.05 Å². The molecular weight excluding hydrogens is 510 g/mol. The van der Waals surface area contributed by atoms with Crippen molar-refractivity contribution in [1.29, 1.82) is 5.26 Å². The molecule has 1 aliphatic rings. The van der Waals surface area contributed by atoms with Crippen LogP contribution in [0.5, 0.6) is 0 Å². The summed E-state index contributed by atoms with van der Waals surface area (Å²) in [5, 5.41) is 11.5. The van der Waals surface area contributed by atoms with Crippen LogP contribution in [0.1, 0.15) is 37.7 Å². The molecule has 1 fully saturated rings. The highest BCUT2D eigenvalue weighted by Crippen LogP contribution is 2.37. The van der Waals surface area contributed by atoms with Gasteiger partial charge in [0.2, 0.25) is 0 Å². The molecule has 0 radical (unpaired) electrons. The molecule has 14 heteroatoms. The second-order valence-corrected chi connectivity index (χ2v) is 9.47. The van der Waals surface area contributed by atoms with Crippen LogP contribution >= 0.6 is 7.82 Å². The predicted octanol–water partition coefficient (Wildman–Crippen LogP) is 1.39. The lowest BCUT2D eigenvalue weighted by Crippen LogP contribution is -2.64. The van der Waals surface area contributed by atoms with E-state index in [0.717, 1.165) is 12.1 Å². The van der Waals surface area contributed by atoms with Gasteiger partial charge in [0.1, 0.15) is 24.3 Å². The molecule has 1 aromatic heterocycles. The number of terminal acetylenes is 1. The van der Waals surface area contributed by atoms with Crippen LogP contribution in [0, 0.1) is 43.3 Å². The zero-order valence-corrected chi connectivity index (χ0v) is 20.8. The molecule has 194 valence electrons.